The minimum absolute atomic E-state index is 0.00360. The fourth-order valence-electron chi connectivity index (χ4n) is 3.83. The molecule has 0 bridgehead atoms. The lowest BCUT2D eigenvalue weighted by Gasteiger charge is -2.33. The average molecular weight is 579 g/mol. The van der Waals surface area contributed by atoms with E-state index in [1.807, 2.05) is 16.7 Å². The van der Waals surface area contributed by atoms with Gasteiger partial charge in [-0.2, -0.15) is 15.0 Å². The number of nitrogens with zero attached hydrogens (tertiary/aromatic N) is 8. The zero-order valence-corrected chi connectivity index (χ0v) is 23.7. The lowest BCUT2D eigenvalue weighted by atomic mass is 10.2. The molecule has 4 rings (SSSR count). The van der Waals surface area contributed by atoms with Gasteiger partial charge >= 0.3 is 0 Å². The van der Waals surface area contributed by atoms with Crippen LogP contribution >= 0.6 is 0 Å². The number of ether oxygens (including phenoxy) is 1. The lowest BCUT2D eigenvalue weighted by molar-refractivity contribution is -0.118. The molecule has 2 aromatic rings. The number of nitrogen functional groups attached to an aromatic ring is 1. The minimum Gasteiger partial charge on any atom is -0.378 e. The van der Waals surface area contributed by atoms with E-state index in [-0.39, 0.29) is 17.3 Å². The smallest absolute Gasteiger partial charge is 0.281 e. The molecule has 2 aromatic heterocycles. The monoisotopic (exact) mass is 578 g/mol. The maximum atomic E-state index is 13.6. The highest BCUT2D eigenvalue weighted by Gasteiger charge is 2.25. The molecule has 0 spiro atoms. The summed E-state index contributed by atoms with van der Waals surface area (Å²) in [6, 6.07) is 0. The molecule has 13 nitrogen and oxygen atoms in total. The Hall–Kier alpha value is -4.01. The number of rotatable bonds is 10. The van der Waals surface area contributed by atoms with Crippen molar-refractivity contribution in [2.24, 2.45) is 0 Å². The van der Waals surface area contributed by atoms with Gasteiger partial charge in [0.05, 0.1) is 18.8 Å². The molecule has 41 heavy (non-hydrogen) atoms. The summed E-state index contributed by atoms with van der Waals surface area (Å²) in [5.41, 5.74) is 4.97. The van der Waals surface area contributed by atoms with Crippen LogP contribution in [0.3, 0.4) is 0 Å². The number of hydrogen-bond acceptors (Lipinski definition) is 11. The van der Waals surface area contributed by atoms with E-state index in [2.05, 4.69) is 43.7 Å². The second-order valence-corrected chi connectivity index (χ2v) is 9.00. The number of piperazine rings is 1. The van der Waals surface area contributed by atoms with Gasteiger partial charge in [0, 0.05) is 52.0 Å². The summed E-state index contributed by atoms with van der Waals surface area (Å²) in [7, 11) is 0. The molecule has 0 aliphatic carbocycles. The van der Waals surface area contributed by atoms with Crippen molar-refractivity contribution >= 4 is 30.7 Å². The number of nitrogens with two attached hydrogens (primary N) is 1. The molecular weight excluding hydrogens is 538 g/mol. The van der Waals surface area contributed by atoms with E-state index < -0.39 is 12.1 Å². The summed E-state index contributed by atoms with van der Waals surface area (Å²) in [6.07, 6.45) is 5.16. The van der Waals surface area contributed by atoms with E-state index in [9.17, 15) is 18.4 Å². The molecule has 2 aliphatic heterocycles. The van der Waals surface area contributed by atoms with Gasteiger partial charge in [-0.1, -0.05) is 25.8 Å². The number of halogens is 2. The zero-order chi connectivity index (χ0) is 30.0. The first-order valence-corrected chi connectivity index (χ1v) is 13.6. The van der Waals surface area contributed by atoms with Crippen LogP contribution in [0.25, 0.3) is 11.4 Å². The van der Waals surface area contributed by atoms with Gasteiger partial charge in [0.1, 0.15) is 5.69 Å². The zero-order valence-electron chi connectivity index (χ0n) is 23.7. The molecular formula is C26H40F2N10O3. The summed E-state index contributed by atoms with van der Waals surface area (Å²) < 4.78 is 32.6. The summed E-state index contributed by atoms with van der Waals surface area (Å²) in [5.74, 6) is 0.522. The Bertz CT molecular complexity index is 1080. The van der Waals surface area contributed by atoms with Gasteiger partial charge in [-0.15, -0.1) is 6.58 Å². The fourth-order valence-corrected chi connectivity index (χ4v) is 3.83. The summed E-state index contributed by atoms with van der Waals surface area (Å²) in [5, 5.41) is 2.60. The van der Waals surface area contributed by atoms with Gasteiger partial charge in [-0.25, -0.2) is 18.7 Å². The van der Waals surface area contributed by atoms with Gasteiger partial charge < -0.3 is 30.5 Å². The first-order valence-electron chi connectivity index (χ1n) is 13.6. The molecule has 0 atom stereocenters. The Balaban J connectivity index is 0.000000457. The van der Waals surface area contributed by atoms with Gasteiger partial charge in [-0.05, 0) is 13.3 Å². The fraction of sp³-hybridized carbons (Fsp3) is 0.577. The molecule has 4 heterocycles. The molecule has 226 valence electrons. The predicted molar refractivity (Wildman–Crippen MR) is 153 cm³/mol. The summed E-state index contributed by atoms with van der Waals surface area (Å²) >= 11 is 0. The van der Waals surface area contributed by atoms with Crippen LogP contribution in [-0.4, -0.2) is 102 Å². The maximum absolute atomic E-state index is 13.6. The summed E-state index contributed by atoms with van der Waals surface area (Å²) in [6.45, 7) is 12.5. The number of aromatic nitrogens is 5. The molecule has 0 aromatic carbocycles. The van der Waals surface area contributed by atoms with E-state index in [1.165, 1.54) is 19.0 Å². The SMILES string of the molecule is C=CC.CCCCCNC=O.Nc1ncc(-c2nc(N3CCOCC3)nc(N3CCN(C=O)CC3)n2)c(C(F)F)n1. The Morgan fingerprint density at radius 2 is 1.63 bits per heavy atom. The molecule has 2 fully saturated rings. The van der Waals surface area contributed by atoms with Gasteiger partial charge in [0.15, 0.2) is 5.82 Å². The third-order valence-electron chi connectivity index (χ3n) is 5.94. The Morgan fingerprint density at radius 3 is 2.17 bits per heavy atom. The van der Waals surface area contributed by atoms with Crippen molar-refractivity contribution in [3.63, 3.8) is 0 Å². The number of carbonyl (C=O) groups excluding carboxylic acids is 2. The van der Waals surface area contributed by atoms with Gasteiger partial charge in [0.25, 0.3) is 6.43 Å². The highest BCUT2D eigenvalue weighted by molar-refractivity contribution is 5.61. The number of unbranched alkanes of at least 4 members (excludes halogenated alkanes) is 2. The molecule has 0 radical (unpaired) electrons. The van der Waals surface area contributed by atoms with Crippen molar-refractivity contribution in [3.8, 4) is 11.4 Å². The van der Waals surface area contributed by atoms with Crippen LogP contribution in [0, 0.1) is 0 Å². The average Bonchev–Trinajstić information content (AvgIpc) is 3.00. The van der Waals surface area contributed by atoms with E-state index in [0.29, 0.717) is 64.4 Å². The molecule has 2 amide bonds. The van der Waals surface area contributed by atoms with Crippen molar-refractivity contribution in [2.45, 2.75) is 39.5 Å². The van der Waals surface area contributed by atoms with Crippen LogP contribution in [0.15, 0.2) is 18.9 Å². The molecule has 0 saturated carbocycles. The number of anilines is 3. The number of nitrogens with one attached hydrogen (secondary N) is 1. The number of allylic oxidation sites excluding steroid dienone is 1. The van der Waals surface area contributed by atoms with E-state index in [4.69, 9.17) is 10.5 Å². The quantitative estimate of drug-likeness (QED) is 0.242. The Morgan fingerprint density at radius 1 is 1.02 bits per heavy atom. The van der Waals surface area contributed by atoms with Crippen molar-refractivity contribution in [1.29, 1.82) is 0 Å². The normalized spacial score (nSPS) is 14.8. The predicted octanol–water partition coefficient (Wildman–Crippen LogP) is 2.08. The molecule has 15 heteroatoms. The second-order valence-electron chi connectivity index (χ2n) is 9.00. The van der Waals surface area contributed by atoms with Gasteiger partial charge in [0.2, 0.25) is 30.7 Å². The molecule has 0 unspecified atom stereocenters. The highest BCUT2D eigenvalue weighted by Crippen LogP contribution is 2.29. The number of hydrogen-bond donors (Lipinski definition) is 2. The Labute approximate surface area is 239 Å². The Kier molecular flexibility index (Phi) is 14.9. The maximum Gasteiger partial charge on any atom is 0.281 e. The topological polar surface area (TPSA) is 156 Å². The van der Waals surface area contributed by atoms with E-state index >= 15 is 0 Å². The van der Waals surface area contributed by atoms with E-state index in [1.54, 1.807) is 11.0 Å². The van der Waals surface area contributed by atoms with Crippen LogP contribution in [0.4, 0.5) is 26.6 Å². The van der Waals surface area contributed by atoms with Crippen molar-refractivity contribution in [1.82, 2.24) is 35.1 Å². The molecule has 2 saturated heterocycles. The van der Waals surface area contributed by atoms with Crippen molar-refractivity contribution < 1.29 is 23.1 Å². The lowest BCUT2D eigenvalue weighted by Crippen LogP contribution is -2.46. The molecule has 3 N–H and O–H groups in total. The van der Waals surface area contributed by atoms with Crippen molar-refractivity contribution in [3.05, 3.63) is 24.5 Å². The van der Waals surface area contributed by atoms with Crippen molar-refractivity contribution in [2.75, 3.05) is 74.6 Å². The minimum atomic E-state index is -2.87. The third kappa shape index (κ3) is 10.8. The first kappa shape index (κ1) is 33.2. The number of morpholine rings is 1. The number of amides is 2. The number of carbonyl (C=O) groups is 2. The first-order chi connectivity index (χ1) is 19.9. The van der Waals surface area contributed by atoms with Gasteiger partial charge in [-0.3, -0.25) is 9.59 Å². The van der Waals surface area contributed by atoms with Crippen LogP contribution < -0.4 is 20.9 Å². The molecule has 2 aliphatic rings. The highest BCUT2D eigenvalue weighted by atomic mass is 19.3. The second kappa shape index (κ2) is 18.4. The van der Waals surface area contributed by atoms with E-state index in [0.717, 1.165) is 25.8 Å². The standard InChI is InChI=1S/C17H21F2N9O2.C6H13NO.C3H6/c18-13(19)12-11(9-21-15(20)22-12)14-23-16(27-3-1-26(10-29)2-4-27)25-17(24-14)28-5-7-30-8-6-28;1-2-3-4-5-7-6-8;1-3-2/h9-10,13H,1-8H2,(H2,20,21,22);6H,2-5H2,1H3,(H,7,8);3H,1H2,2H3. The van der Waals surface area contributed by atoms with Crippen LogP contribution in [0.5, 0.6) is 0 Å². The van der Waals surface area contributed by atoms with Crippen LogP contribution in [0.1, 0.15) is 45.2 Å². The van der Waals surface area contributed by atoms with Crippen LogP contribution in [0.2, 0.25) is 0 Å². The number of alkyl halides is 2. The largest absolute Gasteiger partial charge is 0.378 e. The summed E-state index contributed by atoms with van der Waals surface area (Å²) in [4.78, 5) is 47.1. The van der Waals surface area contributed by atoms with Crippen LogP contribution in [-0.2, 0) is 14.3 Å². The third-order valence-corrected chi connectivity index (χ3v) is 5.94.